The molecule has 0 aromatic heterocycles. The second-order valence-corrected chi connectivity index (χ2v) is 2.44. The third kappa shape index (κ3) is 2.22. The number of nitrogens with zero attached hydrogens (tertiary/aromatic N) is 1. The maximum absolute atomic E-state index is 5.55. The Kier molecular flexibility index (Phi) is 3.08. The average molecular weight is 146 g/mol. The molecule has 10 heavy (non-hydrogen) atoms. The molecule has 1 fully saturated rings. The van der Waals surface area contributed by atoms with Gasteiger partial charge >= 0.3 is 0 Å². The van der Waals surface area contributed by atoms with Gasteiger partial charge in [0.05, 0.1) is 19.3 Å². The molecule has 0 aromatic carbocycles. The lowest BCUT2D eigenvalue weighted by molar-refractivity contribution is -0.0613. The molecule has 0 radical (unpaired) electrons. The largest absolute Gasteiger partial charge is 0.382 e. The highest BCUT2D eigenvalue weighted by Gasteiger charge is 2.16. The van der Waals surface area contributed by atoms with Crippen LogP contribution in [0.4, 0.5) is 0 Å². The van der Waals surface area contributed by atoms with E-state index < -0.39 is 0 Å². The van der Waals surface area contributed by atoms with Gasteiger partial charge in [-0.25, -0.2) is 5.01 Å². The van der Waals surface area contributed by atoms with E-state index in [1.54, 1.807) is 12.1 Å². The molecular formula is C6H14N2O2. The van der Waals surface area contributed by atoms with Crippen LogP contribution in [0.2, 0.25) is 0 Å². The summed E-state index contributed by atoms with van der Waals surface area (Å²) in [6.07, 6.45) is 0.156. The molecule has 4 heteroatoms. The lowest BCUT2D eigenvalue weighted by Gasteiger charge is -2.28. The summed E-state index contributed by atoms with van der Waals surface area (Å²) in [4.78, 5) is 0. The molecular weight excluding hydrogens is 132 g/mol. The summed E-state index contributed by atoms with van der Waals surface area (Å²) in [6, 6.07) is 0. The summed E-state index contributed by atoms with van der Waals surface area (Å²) >= 11 is 0. The van der Waals surface area contributed by atoms with Gasteiger partial charge in [-0.05, 0) is 0 Å². The van der Waals surface area contributed by atoms with Gasteiger partial charge in [0.2, 0.25) is 0 Å². The molecule has 1 aliphatic rings. The fourth-order valence-corrected chi connectivity index (χ4v) is 1.03. The Bertz CT molecular complexity index is 97.7. The topological polar surface area (TPSA) is 47.7 Å². The van der Waals surface area contributed by atoms with E-state index in [2.05, 4.69) is 0 Å². The number of methoxy groups -OCH3 is 1. The maximum atomic E-state index is 5.55. The number of nitrogens with two attached hydrogens (primary N) is 1. The van der Waals surface area contributed by atoms with Gasteiger partial charge in [-0.3, -0.25) is 5.84 Å². The van der Waals surface area contributed by atoms with Gasteiger partial charge in [-0.2, -0.15) is 0 Å². The summed E-state index contributed by atoms with van der Waals surface area (Å²) in [6.45, 7) is 2.94. The van der Waals surface area contributed by atoms with Crippen molar-refractivity contribution in [1.29, 1.82) is 0 Å². The number of ether oxygens (including phenoxy) is 2. The Morgan fingerprint density at radius 3 is 3.20 bits per heavy atom. The smallest absolute Gasteiger partial charge is 0.0949 e. The third-order valence-electron chi connectivity index (χ3n) is 1.52. The SMILES string of the molecule is COCC1CN(N)CCO1. The fraction of sp³-hybridized carbons (Fsp3) is 1.00. The monoisotopic (exact) mass is 146 g/mol. The average Bonchev–Trinajstić information content (AvgIpc) is 1.88. The van der Waals surface area contributed by atoms with Gasteiger partial charge in [0.15, 0.2) is 0 Å². The highest BCUT2D eigenvalue weighted by molar-refractivity contribution is 4.66. The van der Waals surface area contributed by atoms with E-state index in [4.69, 9.17) is 15.3 Å². The van der Waals surface area contributed by atoms with Crippen LogP contribution in [-0.4, -0.2) is 44.5 Å². The van der Waals surface area contributed by atoms with Crippen molar-refractivity contribution >= 4 is 0 Å². The van der Waals surface area contributed by atoms with Crippen molar-refractivity contribution in [3.63, 3.8) is 0 Å². The van der Waals surface area contributed by atoms with Crippen LogP contribution in [0.5, 0.6) is 0 Å². The highest BCUT2D eigenvalue weighted by Crippen LogP contribution is 2.00. The van der Waals surface area contributed by atoms with E-state index in [1.165, 1.54) is 0 Å². The van der Waals surface area contributed by atoms with Crippen molar-refractivity contribution in [3.8, 4) is 0 Å². The zero-order valence-electron chi connectivity index (χ0n) is 6.25. The number of hydrogen-bond acceptors (Lipinski definition) is 4. The summed E-state index contributed by atoms with van der Waals surface area (Å²) < 4.78 is 10.3. The summed E-state index contributed by atoms with van der Waals surface area (Å²) in [5, 5.41) is 1.76. The minimum absolute atomic E-state index is 0.156. The Labute approximate surface area is 60.9 Å². The molecule has 0 spiro atoms. The van der Waals surface area contributed by atoms with Crippen molar-refractivity contribution in [2.45, 2.75) is 6.10 Å². The predicted molar refractivity (Wildman–Crippen MR) is 37.4 cm³/mol. The van der Waals surface area contributed by atoms with Crippen LogP contribution in [0.25, 0.3) is 0 Å². The molecule has 1 aliphatic heterocycles. The van der Waals surface area contributed by atoms with E-state index in [-0.39, 0.29) is 6.10 Å². The minimum Gasteiger partial charge on any atom is -0.382 e. The van der Waals surface area contributed by atoms with Crippen LogP contribution in [0.3, 0.4) is 0 Å². The molecule has 4 nitrogen and oxygen atoms in total. The zero-order chi connectivity index (χ0) is 7.40. The third-order valence-corrected chi connectivity index (χ3v) is 1.52. The molecule has 60 valence electrons. The highest BCUT2D eigenvalue weighted by atomic mass is 16.5. The number of hydrazine groups is 1. The van der Waals surface area contributed by atoms with Gasteiger partial charge < -0.3 is 9.47 Å². The summed E-state index contributed by atoms with van der Waals surface area (Å²) in [5.74, 6) is 5.55. The molecule has 0 aliphatic carbocycles. The fourth-order valence-electron chi connectivity index (χ4n) is 1.03. The van der Waals surface area contributed by atoms with E-state index in [1.807, 2.05) is 0 Å². The van der Waals surface area contributed by atoms with Crippen LogP contribution < -0.4 is 5.84 Å². The Hall–Kier alpha value is -0.160. The lowest BCUT2D eigenvalue weighted by Crippen LogP contribution is -2.47. The number of rotatable bonds is 2. The lowest BCUT2D eigenvalue weighted by atomic mass is 10.3. The maximum Gasteiger partial charge on any atom is 0.0949 e. The van der Waals surface area contributed by atoms with E-state index in [0.29, 0.717) is 13.2 Å². The van der Waals surface area contributed by atoms with Crippen LogP contribution in [0.1, 0.15) is 0 Å². The van der Waals surface area contributed by atoms with Crippen molar-refractivity contribution in [2.24, 2.45) is 5.84 Å². The van der Waals surface area contributed by atoms with E-state index >= 15 is 0 Å². The molecule has 0 saturated carbocycles. The first-order valence-electron chi connectivity index (χ1n) is 3.43. The Balaban J connectivity index is 2.18. The van der Waals surface area contributed by atoms with Gasteiger partial charge in [0, 0.05) is 20.2 Å². The standard InChI is InChI=1S/C6H14N2O2/c1-9-5-6-4-8(7)2-3-10-6/h6H,2-5,7H2,1H3. The molecule has 0 aromatic rings. The zero-order valence-corrected chi connectivity index (χ0v) is 6.25. The minimum atomic E-state index is 0.156. The van der Waals surface area contributed by atoms with E-state index in [9.17, 15) is 0 Å². The first kappa shape index (κ1) is 7.94. The van der Waals surface area contributed by atoms with Crippen LogP contribution >= 0.6 is 0 Å². The summed E-state index contributed by atoms with van der Waals surface area (Å²) in [5.41, 5.74) is 0. The Morgan fingerprint density at radius 2 is 2.60 bits per heavy atom. The second kappa shape index (κ2) is 3.88. The number of morpholine rings is 1. The van der Waals surface area contributed by atoms with Gasteiger partial charge in [-0.1, -0.05) is 0 Å². The first-order chi connectivity index (χ1) is 4.83. The van der Waals surface area contributed by atoms with Gasteiger partial charge in [-0.15, -0.1) is 0 Å². The molecule has 2 N–H and O–H groups in total. The first-order valence-corrected chi connectivity index (χ1v) is 3.43. The molecule has 0 amide bonds. The molecule has 1 heterocycles. The van der Waals surface area contributed by atoms with Crippen LogP contribution in [0.15, 0.2) is 0 Å². The molecule has 1 rings (SSSR count). The summed E-state index contributed by atoms with van der Waals surface area (Å²) in [7, 11) is 1.67. The molecule has 0 bridgehead atoms. The van der Waals surface area contributed by atoms with Crippen molar-refractivity contribution in [1.82, 2.24) is 5.01 Å². The molecule has 1 atom stereocenters. The number of hydrogen-bond donors (Lipinski definition) is 1. The van der Waals surface area contributed by atoms with Crippen LogP contribution in [0, 0.1) is 0 Å². The predicted octanol–water partition coefficient (Wildman–Crippen LogP) is -0.793. The molecule has 1 saturated heterocycles. The van der Waals surface area contributed by atoms with Crippen LogP contribution in [-0.2, 0) is 9.47 Å². The van der Waals surface area contributed by atoms with Crippen molar-refractivity contribution in [3.05, 3.63) is 0 Å². The Morgan fingerprint density at radius 1 is 1.80 bits per heavy atom. The second-order valence-electron chi connectivity index (χ2n) is 2.44. The van der Waals surface area contributed by atoms with Crippen molar-refractivity contribution < 1.29 is 9.47 Å². The van der Waals surface area contributed by atoms with Crippen molar-refractivity contribution in [2.75, 3.05) is 33.4 Å². The van der Waals surface area contributed by atoms with Gasteiger partial charge in [0.1, 0.15) is 0 Å². The normalized spacial score (nSPS) is 28.8. The van der Waals surface area contributed by atoms with E-state index in [0.717, 1.165) is 13.1 Å². The molecule has 1 unspecified atom stereocenters. The quantitative estimate of drug-likeness (QED) is 0.518. The van der Waals surface area contributed by atoms with Gasteiger partial charge in [0.25, 0.3) is 0 Å².